The average molecular weight is 464 g/mol. The Bertz CT molecular complexity index is 1650. The number of nitrogens with one attached hydrogen (secondary N) is 1. The van der Waals surface area contributed by atoms with Crippen LogP contribution >= 0.6 is 0 Å². The number of pyridine rings is 3. The Balaban J connectivity index is 1.60. The minimum atomic E-state index is -3.88. The van der Waals surface area contributed by atoms with Crippen molar-refractivity contribution in [1.29, 1.82) is 5.26 Å². The van der Waals surface area contributed by atoms with Crippen LogP contribution in [-0.2, 0) is 10.0 Å². The van der Waals surface area contributed by atoms with Crippen molar-refractivity contribution in [2.75, 3.05) is 4.72 Å². The molecule has 0 spiro atoms. The van der Waals surface area contributed by atoms with Crippen molar-refractivity contribution in [2.24, 2.45) is 0 Å². The Hall–Kier alpha value is -4.61. The first-order chi connectivity index (χ1) is 16.5. The second-order valence-electron chi connectivity index (χ2n) is 7.48. The molecule has 0 saturated carbocycles. The normalized spacial score (nSPS) is 11.1. The number of aromatic nitrogens is 3. The van der Waals surface area contributed by atoms with Gasteiger partial charge < -0.3 is 0 Å². The van der Waals surface area contributed by atoms with E-state index in [-0.39, 0.29) is 16.3 Å². The number of hydrogen-bond donors (Lipinski definition) is 1. The molecule has 0 amide bonds. The van der Waals surface area contributed by atoms with Crippen molar-refractivity contribution in [3.05, 3.63) is 103 Å². The molecule has 5 rings (SSSR count). The highest BCUT2D eigenvalue weighted by molar-refractivity contribution is 7.92. The molecule has 3 aromatic heterocycles. The summed E-state index contributed by atoms with van der Waals surface area (Å²) in [6.45, 7) is 0. The van der Waals surface area contributed by atoms with Crippen LogP contribution in [-0.4, -0.2) is 23.4 Å². The maximum absolute atomic E-state index is 12.8. The maximum atomic E-state index is 12.8. The van der Waals surface area contributed by atoms with Gasteiger partial charge in [-0.25, -0.2) is 13.4 Å². The van der Waals surface area contributed by atoms with Gasteiger partial charge >= 0.3 is 0 Å². The maximum Gasteiger partial charge on any atom is 0.261 e. The van der Waals surface area contributed by atoms with Gasteiger partial charge in [0.05, 0.1) is 16.1 Å². The zero-order chi connectivity index (χ0) is 23.5. The molecule has 0 radical (unpaired) electrons. The summed E-state index contributed by atoms with van der Waals surface area (Å²) >= 11 is 0. The largest absolute Gasteiger partial charge is 0.277 e. The van der Waals surface area contributed by atoms with E-state index in [1.807, 2.05) is 42.5 Å². The molecule has 0 bridgehead atoms. The van der Waals surface area contributed by atoms with E-state index in [0.717, 1.165) is 27.6 Å². The van der Waals surface area contributed by atoms with Crippen molar-refractivity contribution in [3.63, 3.8) is 0 Å². The van der Waals surface area contributed by atoms with Gasteiger partial charge in [0, 0.05) is 35.7 Å². The molecule has 0 atom stereocenters. The lowest BCUT2D eigenvalue weighted by molar-refractivity contribution is 0.601. The summed E-state index contributed by atoms with van der Waals surface area (Å²) in [5, 5.41) is 10.4. The van der Waals surface area contributed by atoms with Gasteiger partial charge in [-0.2, -0.15) is 5.26 Å². The summed E-state index contributed by atoms with van der Waals surface area (Å²) in [7, 11) is -3.88. The summed E-state index contributed by atoms with van der Waals surface area (Å²) < 4.78 is 28.2. The van der Waals surface area contributed by atoms with Gasteiger partial charge in [-0.05, 0) is 65.2 Å². The van der Waals surface area contributed by atoms with Gasteiger partial charge in [0.25, 0.3) is 10.0 Å². The van der Waals surface area contributed by atoms with Crippen molar-refractivity contribution in [1.82, 2.24) is 15.0 Å². The molecule has 164 valence electrons. The minimum Gasteiger partial charge on any atom is -0.277 e. The topological polar surface area (TPSA) is 109 Å². The quantitative estimate of drug-likeness (QED) is 0.391. The van der Waals surface area contributed by atoms with Gasteiger partial charge in [-0.1, -0.05) is 24.3 Å². The number of anilines is 1. The first kappa shape index (κ1) is 21.2. The van der Waals surface area contributed by atoms with E-state index in [0.29, 0.717) is 5.56 Å². The van der Waals surface area contributed by atoms with E-state index >= 15 is 0 Å². The summed E-state index contributed by atoms with van der Waals surface area (Å²) in [6.07, 6.45) is 6.79. The predicted octanol–water partition coefficient (Wildman–Crippen LogP) is 5.03. The highest BCUT2D eigenvalue weighted by atomic mass is 32.2. The van der Waals surface area contributed by atoms with Crippen molar-refractivity contribution >= 4 is 26.6 Å². The van der Waals surface area contributed by atoms with Gasteiger partial charge in [-0.3, -0.25) is 14.7 Å². The molecule has 0 unspecified atom stereocenters. The minimum absolute atomic E-state index is 0.0109. The molecule has 0 saturated heterocycles. The third-order valence-electron chi connectivity index (χ3n) is 5.36. The molecule has 7 nitrogen and oxygen atoms in total. The summed E-state index contributed by atoms with van der Waals surface area (Å²) in [5.74, 6) is 0. The second kappa shape index (κ2) is 8.73. The first-order valence-corrected chi connectivity index (χ1v) is 11.8. The molecule has 3 heterocycles. The number of benzene rings is 2. The van der Waals surface area contributed by atoms with Crippen LogP contribution in [0, 0.1) is 11.3 Å². The van der Waals surface area contributed by atoms with Crippen LogP contribution in [0.5, 0.6) is 0 Å². The van der Waals surface area contributed by atoms with E-state index in [2.05, 4.69) is 19.7 Å². The fourth-order valence-corrected chi connectivity index (χ4v) is 4.78. The fraction of sp³-hybridized carbons (Fsp3) is 0. The molecule has 8 heteroatoms. The number of nitriles is 1. The Kier molecular flexibility index (Phi) is 5.46. The lowest BCUT2D eigenvalue weighted by Gasteiger charge is -2.12. The fourth-order valence-electron chi connectivity index (χ4n) is 3.70. The predicted molar refractivity (Wildman–Crippen MR) is 130 cm³/mol. The second-order valence-corrected chi connectivity index (χ2v) is 9.16. The van der Waals surface area contributed by atoms with Crippen LogP contribution in [0.25, 0.3) is 33.2 Å². The van der Waals surface area contributed by atoms with Crippen molar-refractivity contribution in [3.8, 4) is 28.3 Å². The van der Waals surface area contributed by atoms with E-state index in [1.165, 1.54) is 12.1 Å². The lowest BCUT2D eigenvalue weighted by Crippen LogP contribution is -2.14. The number of hydrogen-bond acceptors (Lipinski definition) is 6. The molecule has 0 fully saturated rings. The zero-order valence-corrected chi connectivity index (χ0v) is 18.6. The third kappa shape index (κ3) is 4.08. The summed E-state index contributed by atoms with van der Waals surface area (Å²) in [4.78, 5) is 12.9. The molecule has 0 aliphatic rings. The van der Waals surface area contributed by atoms with Gasteiger partial charge in [-0.15, -0.1) is 0 Å². The van der Waals surface area contributed by atoms with E-state index < -0.39 is 10.0 Å². The SMILES string of the molecule is N#Cc1ncc(-c2ccc3nccc(-c4ccncc4)c3c2)cc1NS(=O)(=O)c1ccccc1. The number of fused-ring (bicyclic) bond motifs is 1. The van der Waals surface area contributed by atoms with Crippen LogP contribution in [0.3, 0.4) is 0 Å². The third-order valence-corrected chi connectivity index (χ3v) is 6.74. The molecular formula is C26H17N5O2S. The summed E-state index contributed by atoms with van der Waals surface area (Å²) in [6, 6.07) is 23.1. The molecule has 2 aromatic carbocycles. The Labute approximate surface area is 196 Å². The highest BCUT2D eigenvalue weighted by Gasteiger charge is 2.17. The molecule has 5 aromatic rings. The number of rotatable bonds is 5. The van der Waals surface area contributed by atoms with Crippen LogP contribution in [0.4, 0.5) is 5.69 Å². The molecule has 0 aliphatic heterocycles. The first-order valence-electron chi connectivity index (χ1n) is 10.3. The van der Waals surface area contributed by atoms with Gasteiger partial charge in [0.2, 0.25) is 0 Å². The van der Waals surface area contributed by atoms with Gasteiger partial charge in [0.15, 0.2) is 5.69 Å². The lowest BCUT2D eigenvalue weighted by atomic mass is 9.98. The monoisotopic (exact) mass is 463 g/mol. The van der Waals surface area contributed by atoms with Gasteiger partial charge in [0.1, 0.15) is 6.07 Å². The zero-order valence-electron chi connectivity index (χ0n) is 17.8. The number of nitrogens with zero attached hydrogens (tertiary/aromatic N) is 4. The Morgan fingerprint density at radius 2 is 1.59 bits per heavy atom. The van der Waals surface area contributed by atoms with Crippen molar-refractivity contribution in [2.45, 2.75) is 4.90 Å². The van der Waals surface area contributed by atoms with E-state index in [1.54, 1.807) is 49.1 Å². The standard InChI is InChI=1S/C26H17N5O2S/c27-16-26-25(31-34(32,33)21-4-2-1-3-5-21)15-20(17-30-26)19-6-7-24-23(14-19)22(10-13-29-24)18-8-11-28-12-9-18/h1-15,17,31H. The Morgan fingerprint density at radius 3 is 2.35 bits per heavy atom. The van der Waals surface area contributed by atoms with Crippen LogP contribution in [0.2, 0.25) is 0 Å². The molecular weight excluding hydrogens is 446 g/mol. The molecule has 0 aliphatic carbocycles. The van der Waals surface area contributed by atoms with Crippen LogP contribution < -0.4 is 4.72 Å². The van der Waals surface area contributed by atoms with E-state index in [4.69, 9.17) is 0 Å². The molecule has 34 heavy (non-hydrogen) atoms. The van der Waals surface area contributed by atoms with E-state index in [9.17, 15) is 13.7 Å². The van der Waals surface area contributed by atoms with Crippen LogP contribution in [0.15, 0.2) is 102 Å². The number of sulfonamides is 1. The molecule has 1 N–H and O–H groups in total. The highest BCUT2D eigenvalue weighted by Crippen LogP contribution is 2.32. The smallest absolute Gasteiger partial charge is 0.261 e. The summed E-state index contributed by atoms with van der Waals surface area (Å²) in [5.41, 5.74) is 4.41. The Morgan fingerprint density at radius 1 is 0.794 bits per heavy atom. The van der Waals surface area contributed by atoms with Crippen LogP contribution in [0.1, 0.15) is 5.69 Å². The van der Waals surface area contributed by atoms with Crippen molar-refractivity contribution < 1.29 is 8.42 Å². The average Bonchev–Trinajstić information content (AvgIpc) is 2.89.